The molecule has 2 atom stereocenters. The van der Waals surface area contributed by atoms with Gasteiger partial charge in [-0.2, -0.15) is 5.10 Å². The molecular weight excluding hydrogens is 314 g/mol. The van der Waals surface area contributed by atoms with E-state index in [4.69, 9.17) is 16.3 Å². The van der Waals surface area contributed by atoms with E-state index in [-0.39, 0.29) is 11.9 Å². The third-order valence-corrected chi connectivity index (χ3v) is 4.85. The number of nitrogens with zero attached hydrogens (tertiary/aromatic N) is 3. The fourth-order valence-corrected chi connectivity index (χ4v) is 3.72. The van der Waals surface area contributed by atoms with Gasteiger partial charge >= 0.3 is 0 Å². The van der Waals surface area contributed by atoms with E-state index in [1.54, 1.807) is 10.7 Å². The summed E-state index contributed by atoms with van der Waals surface area (Å²) in [5.41, 5.74) is 2.10. The summed E-state index contributed by atoms with van der Waals surface area (Å²) in [6.07, 6.45) is 5.96. The van der Waals surface area contributed by atoms with Crippen LogP contribution in [0.15, 0.2) is 30.6 Å². The van der Waals surface area contributed by atoms with E-state index in [0.29, 0.717) is 11.4 Å². The van der Waals surface area contributed by atoms with Crippen molar-refractivity contribution in [3.63, 3.8) is 0 Å². The van der Waals surface area contributed by atoms with Crippen LogP contribution in [-0.4, -0.2) is 33.2 Å². The van der Waals surface area contributed by atoms with Crippen LogP contribution in [0.4, 0.5) is 0 Å². The van der Waals surface area contributed by atoms with Crippen LogP contribution in [0.25, 0.3) is 0 Å². The number of ether oxygens (including phenoxy) is 1. The minimum atomic E-state index is -0.444. The van der Waals surface area contributed by atoms with Gasteiger partial charge < -0.3 is 9.64 Å². The van der Waals surface area contributed by atoms with E-state index in [1.165, 1.54) is 0 Å². The summed E-state index contributed by atoms with van der Waals surface area (Å²) in [5, 5.41) is 4.90. The van der Waals surface area contributed by atoms with Gasteiger partial charge in [-0.3, -0.25) is 9.48 Å². The van der Waals surface area contributed by atoms with Gasteiger partial charge in [0.1, 0.15) is 5.75 Å². The molecule has 120 valence electrons. The molecule has 2 aliphatic heterocycles. The summed E-state index contributed by atoms with van der Waals surface area (Å²) in [6.45, 7) is 0.773. The zero-order chi connectivity index (χ0) is 16.0. The van der Waals surface area contributed by atoms with Crippen LogP contribution in [0, 0.1) is 0 Å². The van der Waals surface area contributed by atoms with Crippen LogP contribution in [0.2, 0.25) is 5.02 Å². The Kier molecular flexibility index (Phi) is 3.53. The monoisotopic (exact) mass is 331 g/mol. The lowest BCUT2D eigenvalue weighted by Crippen LogP contribution is -2.40. The molecule has 0 spiro atoms. The molecule has 0 radical (unpaired) electrons. The van der Waals surface area contributed by atoms with Gasteiger partial charge in [-0.25, -0.2) is 0 Å². The number of aryl methyl sites for hydroxylation is 1. The van der Waals surface area contributed by atoms with Crippen molar-refractivity contribution in [2.75, 3.05) is 6.54 Å². The number of halogens is 1. The number of hydrogen-bond acceptors (Lipinski definition) is 3. The molecule has 4 rings (SSSR count). The summed E-state index contributed by atoms with van der Waals surface area (Å²) in [6, 6.07) is 5.62. The topological polar surface area (TPSA) is 47.4 Å². The summed E-state index contributed by atoms with van der Waals surface area (Å²) >= 11 is 6.02. The molecule has 3 heterocycles. The highest BCUT2D eigenvalue weighted by molar-refractivity contribution is 6.30. The highest BCUT2D eigenvalue weighted by atomic mass is 35.5. The molecule has 1 amide bonds. The van der Waals surface area contributed by atoms with Gasteiger partial charge in [-0.05, 0) is 36.6 Å². The lowest BCUT2D eigenvalue weighted by Gasteiger charge is -2.26. The van der Waals surface area contributed by atoms with E-state index in [9.17, 15) is 4.79 Å². The standard InChI is InChI=1S/C17H18ClN3O2/c1-20-10-12(9-19-20)14-3-2-6-21(14)17(22)16-8-11-7-13(18)4-5-15(11)23-16/h4-5,7,9-10,14,16H,2-3,6,8H2,1H3/t14-,16+/m0/s1. The van der Waals surface area contributed by atoms with Gasteiger partial charge in [0.25, 0.3) is 5.91 Å². The molecule has 2 aliphatic rings. The second-order valence-electron chi connectivity index (χ2n) is 6.20. The molecule has 1 aromatic carbocycles. The summed E-state index contributed by atoms with van der Waals surface area (Å²) in [4.78, 5) is 14.9. The second-order valence-corrected chi connectivity index (χ2v) is 6.64. The zero-order valence-electron chi connectivity index (χ0n) is 12.9. The highest BCUT2D eigenvalue weighted by Gasteiger charge is 2.38. The van der Waals surface area contributed by atoms with Gasteiger partial charge in [0, 0.05) is 36.8 Å². The van der Waals surface area contributed by atoms with Gasteiger partial charge in [0.05, 0.1) is 12.2 Å². The Morgan fingerprint density at radius 2 is 2.30 bits per heavy atom. The van der Waals surface area contributed by atoms with Crippen molar-refractivity contribution in [2.45, 2.75) is 31.4 Å². The van der Waals surface area contributed by atoms with Crippen molar-refractivity contribution in [1.29, 1.82) is 0 Å². The number of amides is 1. The molecule has 0 N–H and O–H groups in total. The Balaban J connectivity index is 1.53. The lowest BCUT2D eigenvalue weighted by molar-refractivity contribution is -0.138. The quantitative estimate of drug-likeness (QED) is 0.850. The van der Waals surface area contributed by atoms with Crippen LogP contribution in [0.5, 0.6) is 5.75 Å². The number of likely N-dealkylation sites (tertiary alicyclic amines) is 1. The maximum Gasteiger partial charge on any atom is 0.264 e. The van der Waals surface area contributed by atoms with Gasteiger partial charge in [-0.15, -0.1) is 0 Å². The van der Waals surface area contributed by atoms with Crippen molar-refractivity contribution < 1.29 is 9.53 Å². The first-order valence-electron chi connectivity index (χ1n) is 7.86. The molecule has 5 nitrogen and oxygen atoms in total. The number of fused-ring (bicyclic) bond motifs is 1. The molecule has 0 aliphatic carbocycles. The molecule has 0 unspecified atom stereocenters. The fourth-order valence-electron chi connectivity index (χ4n) is 3.53. The normalized spacial score (nSPS) is 23.0. The predicted molar refractivity (Wildman–Crippen MR) is 86.5 cm³/mol. The molecule has 6 heteroatoms. The number of rotatable bonds is 2. The predicted octanol–water partition coefficient (Wildman–Crippen LogP) is 2.74. The first kappa shape index (κ1) is 14.6. The number of carbonyl (C=O) groups excluding carboxylic acids is 1. The number of benzene rings is 1. The average Bonchev–Trinajstić information content (AvgIpc) is 3.23. The van der Waals surface area contributed by atoms with Gasteiger partial charge in [0.2, 0.25) is 0 Å². The Morgan fingerprint density at radius 1 is 1.43 bits per heavy atom. The molecule has 2 aromatic rings. The SMILES string of the molecule is Cn1cc([C@@H]2CCCN2C(=O)[C@H]2Cc3cc(Cl)ccc3O2)cn1. The van der Waals surface area contributed by atoms with E-state index in [2.05, 4.69) is 5.10 Å². The lowest BCUT2D eigenvalue weighted by atomic mass is 10.1. The molecule has 1 aromatic heterocycles. The molecule has 23 heavy (non-hydrogen) atoms. The first-order chi connectivity index (χ1) is 11.1. The van der Waals surface area contributed by atoms with Crippen LogP contribution in [0.3, 0.4) is 0 Å². The third kappa shape index (κ3) is 2.59. The summed E-state index contributed by atoms with van der Waals surface area (Å²) in [5.74, 6) is 0.827. The van der Waals surface area contributed by atoms with Crippen molar-refractivity contribution in [3.05, 3.63) is 46.7 Å². The Hall–Kier alpha value is -2.01. The van der Waals surface area contributed by atoms with Gasteiger partial charge in [-0.1, -0.05) is 11.6 Å². The summed E-state index contributed by atoms with van der Waals surface area (Å²) in [7, 11) is 1.89. The number of carbonyl (C=O) groups is 1. The fraction of sp³-hybridized carbons (Fsp3) is 0.412. The van der Waals surface area contributed by atoms with E-state index in [0.717, 1.165) is 36.3 Å². The third-order valence-electron chi connectivity index (χ3n) is 4.62. The largest absolute Gasteiger partial charge is 0.480 e. The molecule has 0 saturated carbocycles. The minimum absolute atomic E-state index is 0.0590. The van der Waals surface area contributed by atoms with Crippen LogP contribution >= 0.6 is 11.6 Å². The Labute approximate surface area is 139 Å². The van der Waals surface area contributed by atoms with Crippen LogP contribution in [-0.2, 0) is 18.3 Å². The van der Waals surface area contributed by atoms with E-state index in [1.807, 2.05) is 36.5 Å². The molecule has 1 fully saturated rings. The second kappa shape index (κ2) is 5.57. The van der Waals surface area contributed by atoms with E-state index < -0.39 is 6.10 Å². The van der Waals surface area contributed by atoms with Crippen molar-refractivity contribution in [3.8, 4) is 5.75 Å². The van der Waals surface area contributed by atoms with Crippen molar-refractivity contribution in [1.82, 2.24) is 14.7 Å². The Bertz CT molecular complexity index is 758. The van der Waals surface area contributed by atoms with Crippen LogP contribution < -0.4 is 4.74 Å². The smallest absolute Gasteiger partial charge is 0.264 e. The molecular formula is C17H18ClN3O2. The van der Waals surface area contributed by atoms with Crippen molar-refractivity contribution in [2.24, 2.45) is 7.05 Å². The van der Waals surface area contributed by atoms with Gasteiger partial charge in [0.15, 0.2) is 6.10 Å². The maximum atomic E-state index is 12.9. The van der Waals surface area contributed by atoms with Crippen molar-refractivity contribution >= 4 is 17.5 Å². The minimum Gasteiger partial charge on any atom is -0.480 e. The summed E-state index contributed by atoms with van der Waals surface area (Å²) < 4.78 is 7.63. The Morgan fingerprint density at radius 3 is 3.09 bits per heavy atom. The number of aromatic nitrogens is 2. The molecule has 1 saturated heterocycles. The number of hydrogen-bond donors (Lipinski definition) is 0. The zero-order valence-corrected chi connectivity index (χ0v) is 13.7. The average molecular weight is 332 g/mol. The molecule has 0 bridgehead atoms. The van der Waals surface area contributed by atoms with Crippen LogP contribution in [0.1, 0.15) is 30.0 Å². The highest BCUT2D eigenvalue weighted by Crippen LogP contribution is 2.36. The van der Waals surface area contributed by atoms with E-state index >= 15 is 0 Å². The first-order valence-corrected chi connectivity index (χ1v) is 8.24. The maximum absolute atomic E-state index is 12.9.